The maximum Gasteiger partial charge on any atom is 0.317 e. The Labute approximate surface area is 527 Å². The second-order valence-corrected chi connectivity index (χ2v) is 30.1. The van der Waals surface area contributed by atoms with Crippen molar-refractivity contribution in [3.63, 3.8) is 0 Å². The van der Waals surface area contributed by atoms with Gasteiger partial charge >= 0.3 is 5.97 Å². The number of fused-ring (bicyclic) bond motifs is 7. The Morgan fingerprint density at radius 3 is 1.69 bits per heavy atom. The number of aliphatic hydroxyl groups excluding tert-OH is 16. The van der Waals surface area contributed by atoms with Crippen LogP contribution in [0.4, 0.5) is 0 Å². The third kappa shape index (κ3) is 11.8. The summed E-state index contributed by atoms with van der Waals surface area (Å²) in [6.07, 6.45) is -36.6. The molecule has 0 radical (unpaired) electrons. The highest BCUT2D eigenvalue weighted by Gasteiger charge is 2.72. The number of hydrogen-bond donors (Lipinski definition) is 16. The minimum atomic E-state index is -2.04. The summed E-state index contributed by atoms with van der Waals surface area (Å²) in [4.78, 5) is 15.7. The van der Waals surface area contributed by atoms with Crippen molar-refractivity contribution < 1.29 is 143 Å². The van der Waals surface area contributed by atoms with E-state index in [1.165, 1.54) is 6.92 Å². The van der Waals surface area contributed by atoms with E-state index in [1.54, 1.807) is 0 Å². The maximum atomic E-state index is 15.7. The molecular formula is C62H100O29. The van der Waals surface area contributed by atoms with Crippen molar-refractivity contribution in [3.05, 3.63) is 11.6 Å². The molecule has 29 nitrogen and oxygen atoms in total. The van der Waals surface area contributed by atoms with Crippen molar-refractivity contribution in [2.45, 2.75) is 285 Å². The van der Waals surface area contributed by atoms with E-state index in [0.717, 1.165) is 24.8 Å². The standard InChI is InChI=1S/C62H100O29/c1-24-46(87-51-44(77)47(28(67)23-81-51)88-50-41(74)36(69)27(66)22-80-50)48(89-53-42(75)38(71)30(20-64)84-53)45(78)54(82-24)90-49-39(72)31(21-65)85-55(49)91-56(79)62-16-15-57(2,3)17-26(62)25-9-10-33-59(6)13-12-35(86-52-43(76)40(73)37(70)29(19-63)83-52)58(4,5)32(59)11-14-60(33,7)61(25,8)18-34(62)68/h9,24,26-55,63-78H,10-23H2,1-8H3/t24-,26-,27+,28+,29+,30-,31-,32-,33+,34+,35-,36-,37+,38-,39-,40-,41+,42+,43+,44+,45+,46-,47-,48-,49+,50-,51-,52-,53-,54-,55-,59-,60+,61+,62+/m0/s1. The van der Waals surface area contributed by atoms with Crippen LogP contribution in [0.25, 0.3) is 0 Å². The first-order chi connectivity index (χ1) is 42.7. The van der Waals surface area contributed by atoms with Gasteiger partial charge in [0.2, 0.25) is 6.29 Å². The highest BCUT2D eigenvalue weighted by molar-refractivity contribution is 5.80. The quantitative estimate of drug-likeness (QED) is 0.0424. The molecule has 0 amide bonds. The smallest absolute Gasteiger partial charge is 0.317 e. The van der Waals surface area contributed by atoms with E-state index in [2.05, 4.69) is 54.5 Å². The third-order valence-corrected chi connectivity index (χ3v) is 24.1. The molecule has 91 heavy (non-hydrogen) atoms. The summed E-state index contributed by atoms with van der Waals surface area (Å²) in [6.45, 7) is 13.8. The molecule has 10 fully saturated rings. The van der Waals surface area contributed by atoms with Crippen molar-refractivity contribution in [2.24, 2.45) is 50.2 Å². The molecule has 11 aliphatic rings. The van der Waals surface area contributed by atoms with E-state index < -0.39 is 239 Å². The average Bonchev–Trinajstić information content (AvgIpc) is 1.04. The Hall–Kier alpha value is -1.87. The highest BCUT2D eigenvalue weighted by Crippen LogP contribution is 2.76. The van der Waals surface area contributed by atoms with Crippen LogP contribution in [0, 0.1) is 50.2 Å². The van der Waals surface area contributed by atoms with Gasteiger partial charge in [0.15, 0.2) is 37.6 Å². The van der Waals surface area contributed by atoms with Crippen LogP contribution in [0.15, 0.2) is 11.6 Å². The summed E-state index contributed by atoms with van der Waals surface area (Å²) in [5.74, 6) is -1.15. The van der Waals surface area contributed by atoms with Crippen LogP contribution in [-0.4, -0.2) is 293 Å². The molecule has 0 aromatic rings. The predicted octanol–water partition coefficient (Wildman–Crippen LogP) is -3.83. The Morgan fingerprint density at radius 2 is 1.03 bits per heavy atom. The van der Waals surface area contributed by atoms with Gasteiger partial charge in [-0.05, 0) is 110 Å². The molecule has 6 saturated heterocycles. The summed E-state index contributed by atoms with van der Waals surface area (Å²) in [7, 11) is 0. The Bertz CT molecular complexity index is 2560. The van der Waals surface area contributed by atoms with Crippen molar-refractivity contribution in [1.29, 1.82) is 0 Å². The van der Waals surface area contributed by atoms with Crippen LogP contribution in [0.1, 0.15) is 113 Å². The van der Waals surface area contributed by atoms with Gasteiger partial charge in [-0.1, -0.05) is 60.1 Å². The molecule has 0 unspecified atom stereocenters. The van der Waals surface area contributed by atoms with Gasteiger partial charge in [-0.15, -0.1) is 0 Å². The van der Waals surface area contributed by atoms with Gasteiger partial charge in [-0.25, -0.2) is 0 Å². The number of carbonyl (C=O) groups is 1. The Kier molecular flexibility index (Phi) is 20.2. The molecule has 35 atom stereocenters. The fourth-order valence-corrected chi connectivity index (χ4v) is 18.6. The average molecular weight is 1310 g/mol. The maximum absolute atomic E-state index is 15.7. The topological polar surface area (TPSA) is 452 Å². The van der Waals surface area contributed by atoms with Crippen molar-refractivity contribution in [1.82, 2.24) is 0 Å². The molecule has 522 valence electrons. The summed E-state index contributed by atoms with van der Waals surface area (Å²) in [5, 5.41) is 175. The lowest BCUT2D eigenvalue weighted by Crippen LogP contribution is -2.68. The van der Waals surface area contributed by atoms with E-state index >= 15 is 4.79 Å². The predicted molar refractivity (Wildman–Crippen MR) is 304 cm³/mol. The summed E-state index contributed by atoms with van der Waals surface area (Å²) in [6, 6.07) is 0. The van der Waals surface area contributed by atoms with E-state index in [4.69, 9.17) is 56.8 Å². The number of hydrogen-bond acceptors (Lipinski definition) is 29. The van der Waals surface area contributed by atoms with Crippen LogP contribution >= 0.6 is 0 Å². The van der Waals surface area contributed by atoms with Crippen LogP contribution < -0.4 is 0 Å². The van der Waals surface area contributed by atoms with Gasteiger partial charge < -0.3 is 139 Å². The van der Waals surface area contributed by atoms with Crippen LogP contribution in [0.5, 0.6) is 0 Å². The first-order valence-electron chi connectivity index (χ1n) is 32.4. The van der Waals surface area contributed by atoms with Gasteiger partial charge in [0.1, 0.15) is 115 Å². The number of allylic oxidation sites excluding steroid dienone is 2. The summed E-state index contributed by atoms with van der Waals surface area (Å²) in [5.41, 5.74) is -2.53. The van der Waals surface area contributed by atoms with Crippen molar-refractivity contribution in [2.75, 3.05) is 33.0 Å². The molecular weight excluding hydrogens is 1210 g/mol. The number of rotatable bonds is 15. The Balaban J connectivity index is 0.831. The largest absolute Gasteiger partial charge is 0.432 e. The normalized spacial score (nSPS) is 54.5. The molecule has 5 aliphatic carbocycles. The fourth-order valence-electron chi connectivity index (χ4n) is 18.6. The van der Waals surface area contributed by atoms with E-state index in [-0.39, 0.29) is 35.5 Å². The molecule has 29 heteroatoms. The molecule has 16 N–H and O–H groups in total. The molecule has 6 aliphatic heterocycles. The zero-order valence-electron chi connectivity index (χ0n) is 52.8. The molecule has 0 aromatic carbocycles. The minimum absolute atomic E-state index is 0.107. The second-order valence-electron chi connectivity index (χ2n) is 30.1. The van der Waals surface area contributed by atoms with Gasteiger partial charge in [0.25, 0.3) is 0 Å². The number of ether oxygens (including phenoxy) is 12. The second kappa shape index (κ2) is 26.1. The zero-order chi connectivity index (χ0) is 66.1. The molecule has 0 spiro atoms. The molecule has 0 bridgehead atoms. The third-order valence-electron chi connectivity index (χ3n) is 24.1. The monoisotopic (exact) mass is 1310 g/mol. The van der Waals surface area contributed by atoms with Crippen LogP contribution in [0.2, 0.25) is 0 Å². The van der Waals surface area contributed by atoms with Crippen LogP contribution in [-0.2, 0) is 61.6 Å². The number of aliphatic hydroxyl groups is 16. The summed E-state index contributed by atoms with van der Waals surface area (Å²) < 4.78 is 72.2. The number of esters is 1. The first kappa shape index (κ1) is 70.4. The van der Waals surface area contributed by atoms with Crippen LogP contribution in [0.3, 0.4) is 0 Å². The van der Waals surface area contributed by atoms with Gasteiger partial charge in [-0.2, -0.15) is 0 Å². The van der Waals surface area contributed by atoms with Gasteiger partial charge in [-0.3, -0.25) is 4.79 Å². The molecule has 0 aromatic heterocycles. The van der Waals surface area contributed by atoms with Gasteiger partial charge in [0.05, 0.1) is 51.3 Å². The molecule has 11 rings (SSSR count). The lowest BCUT2D eigenvalue weighted by Gasteiger charge is -2.71. The lowest BCUT2D eigenvalue weighted by molar-refractivity contribution is -0.378. The molecule has 6 heterocycles. The zero-order valence-corrected chi connectivity index (χ0v) is 52.8. The minimum Gasteiger partial charge on any atom is -0.432 e. The van der Waals surface area contributed by atoms with E-state index in [1.807, 2.05) is 0 Å². The summed E-state index contributed by atoms with van der Waals surface area (Å²) >= 11 is 0. The number of carbonyl (C=O) groups excluding carboxylic acids is 1. The molecule has 4 saturated carbocycles. The van der Waals surface area contributed by atoms with E-state index in [0.29, 0.717) is 25.7 Å². The fraction of sp³-hybridized carbons (Fsp3) is 0.952. The highest BCUT2D eigenvalue weighted by atomic mass is 16.8. The SMILES string of the molecule is C[C@@H]1O[C@@H](O[C@H]2[C@H](OC(=O)[C@]34CCC(C)(C)C[C@H]3C3=CC[C@@H]5[C@@]6(C)CC[C@H](O[C@@H]7O[C@H](CO)[C@@H](O)[C@H](O)[C@H]7O)C(C)(C)[C@@H]6CC[C@@]5(C)[C@]3(C)C[C@H]4O)O[C@@H](CO)[C@@H]2O)[C@H](O)[C@H](O[C@@H]2O[C@@H](CO)[C@H](O)[C@H]2O)[C@H]1O[C@@H]1OC[C@@H](O)[C@H](O[C@@H]2OC[C@@H](O)[C@H](O)[C@H]2O)[C@H]1O. The first-order valence-corrected chi connectivity index (χ1v) is 32.4. The van der Waals surface area contributed by atoms with Crippen molar-refractivity contribution in [3.8, 4) is 0 Å². The van der Waals surface area contributed by atoms with Gasteiger partial charge in [0, 0.05) is 0 Å². The van der Waals surface area contributed by atoms with E-state index in [9.17, 15) is 81.7 Å². The van der Waals surface area contributed by atoms with Crippen molar-refractivity contribution >= 4 is 5.97 Å². The lowest BCUT2D eigenvalue weighted by atomic mass is 9.33. The Morgan fingerprint density at radius 1 is 0.505 bits per heavy atom.